The third-order valence-corrected chi connectivity index (χ3v) is 7.17. The van der Waals surface area contributed by atoms with Crippen LogP contribution in [-0.4, -0.2) is 42.2 Å². The molecule has 4 atom stereocenters. The van der Waals surface area contributed by atoms with E-state index in [0.29, 0.717) is 19.3 Å². The van der Waals surface area contributed by atoms with Gasteiger partial charge in [-0.05, 0) is 37.7 Å². The first-order valence-corrected chi connectivity index (χ1v) is 11.8. The molecule has 1 aromatic carbocycles. The number of hydrogen-bond donors (Lipinski definition) is 0. The molecule has 0 spiro atoms. The lowest BCUT2D eigenvalue weighted by Crippen LogP contribution is -2.64. The zero-order valence-corrected chi connectivity index (χ0v) is 18.9. The van der Waals surface area contributed by atoms with Gasteiger partial charge in [0.25, 0.3) is 0 Å². The lowest BCUT2D eigenvalue weighted by Gasteiger charge is -2.51. The largest absolute Gasteiger partial charge is 0.468 e. The Labute approximate surface area is 182 Å². The number of hydrogen-bond acceptors (Lipinski definition) is 4. The predicted octanol–water partition coefficient (Wildman–Crippen LogP) is 5.51. The second-order valence-electron chi connectivity index (χ2n) is 8.94. The van der Waals surface area contributed by atoms with Crippen LogP contribution in [0.2, 0.25) is 0 Å². The van der Waals surface area contributed by atoms with Gasteiger partial charge in [-0.25, -0.2) is 0 Å². The van der Waals surface area contributed by atoms with Gasteiger partial charge in [-0.2, -0.15) is 0 Å². The molecule has 0 bridgehead atoms. The first-order chi connectivity index (χ1) is 14.7. The lowest BCUT2D eigenvalue weighted by molar-refractivity contribution is -0.164. The molecule has 0 aromatic heterocycles. The Hall–Kier alpha value is -1.65. The summed E-state index contributed by atoms with van der Waals surface area (Å²) in [5.41, 5.74) is 0.624. The molecule has 2 heterocycles. The summed E-state index contributed by atoms with van der Waals surface area (Å²) in [4.78, 5) is 15.7. The number of benzene rings is 1. The number of nitrogens with zero attached hydrogens (tertiary/aromatic N) is 1. The van der Waals surface area contributed by atoms with Crippen LogP contribution in [0.15, 0.2) is 43.0 Å². The van der Waals surface area contributed by atoms with Crippen molar-refractivity contribution in [3.05, 3.63) is 48.6 Å². The van der Waals surface area contributed by atoms with Crippen LogP contribution in [0, 0.1) is 5.92 Å². The molecule has 2 aliphatic heterocycles. The van der Waals surface area contributed by atoms with Crippen LogP contribution in [0.5, 0.6) is 0 Å². The molecule has 166 valence electrons. The van der Waals surface area contributed by atoms with E-state index in [9.17, 15) is 4.79 Å². The number of ether oxygens (including phenoxy) is 2. The number of carbonyl (C=O) groups is 1. The number of esters is 1. The van der Waals surface area contributed by atoms with Crippen LogP contribution in [0.1, 0.15) is 70.3 Å². The summed E-state index contributed by atoms with van der Waals surface area (Å²) in [5.74, 6) is 0.0622. The van der Waals surface area contributed by atoms with E-state index in [0.717, 1.165) is 32.1 Å². The average molecular weight is 414 g/mol. The number of carbonyl (C=O) groups excluding carboxylic acids is 1. The van der Waals surface area contributed by atoms with Crippen LogP contribution < -0.4 is 0 Å². The summed E-state index contributed by atoms with van der Waals surface area (Å²) in [6.07, 6.45) is 12.1. The maximum atomic E-state index is 13.1. The summed E-state index contributed by atoms with van der Waals surface area (Å²) >= 11 is 0. The summed E-state index contributed by atoms with van der Waals surface area (Å²) in [6.45, 7) is 7.60. The molecule has 2 aliphatic rings. The molecule has 0 saturated carbocycles. The number of piperidine rings is 1. The van der Waals surface area contributed by atoms with Gasteiger partial charge in [0.15, 0.2) is 0 Å². The molecule has 4 nitrogen and oxygen atoms in total. The third kappa shape index (κ3) is 4.81. The zero-order chi connectivity index (χ0) is 21.4. The number of rotatable bonds is 11. The average Bonchev–Trinajstić information content (AvgIpc) is 3.18. The molecule has 0 N–H and O–H groups in total. The zero-order valence-electron chi connectivity index (χ0n) is 18.9. The number of methoxy groups -OCH3 is 1. The van der Waals surface area contributed by atoms with Crippen molar-refractivity contribution in [2.24, 2.45) is 5.92 Å². The van der Waals surface area contributed by atoms with E-state index in [1.54, 1.807) is 0 Å². The summed E-state index contributed by atoms with van der Waals surface area (Å²) in [7, 11) is 1.53. The van der Waals surface area contributed by atoms with Gasteiger partial charge in [-0.15, -0.1) is 6.58 Å². The second kappa shape index (κ2) is 11.1. The highest BCUT2D eigenvalue weighted by Gasteiger charge is 2.60. The lowest BCUT2D eigenvalue weighted by atomic mass is 9.73. The van der Waals surface area contributed by atoms with Crippen molar-refractivity contribution >= 4 is 5.97 Å². The van der Waals surface area contributed by atoms with Crippen LogP contribution in [0.4, 0.5) is 0 Å². The fourth-order valence-corrected chi connectivity index (χ4v) is 5.72. The van der Waals surface area contributed by atoms with Crippen LogP contribution in [0.25, 0.3) is 0 Å². The van der Waals surface area contributed by atoms with E-state index >= 15 is 0 Å². The highest BCUT2D eigenvalue weighted by molar-refractivity contribution is 5.82. The van der Waals surface area contributed by atoms with Gasteiger partial charge < -0.3 is 9.47 Å². The highest BCUT2D eigenvalue weighted by Crippen LogP contribution is 2.49. The van der Waals surface area contributed by atoms with Crippen molar-refractivity contribution in [2.45, 2.75) is 88.9 Å². The minimum atomic E-state index is -0.565. The Balaban J connectivity index is 1.75. The Morgan fingerprint density at radius 3 is 2.67 bits per heavy atom. The van der Waals surface area contributed by atoms with E-state index in [-0.39, 0.29) is 17.9 Å². The fourth-order valence-electron chi connectivity index (χ4n) is 5.72. The molecule has 0 aliphatic carbocycles. The molecule has 0 radical (unpaired) electrons. The number of fused-ring (bicyclic) bond motifs is 1. The Morgan fingerprint density at radius 1 is 1.17 bits per heavy atom. The van der Waals surface area contributed by atoms with E-state index in [1.807, 2.05) is 24.3 Å². The van der Waals surface area contributed by atoms with Gasteiger partial charge in [-0.1, -0.05) is 69.0 Å². The summed E-state index contributed by atoms with van der Waals surface area (Å²) < 4.78 is 11.5. The quantitative estimate of drug-likeness (QED) is 0.272. The molecule has 0 amide bonds. The maximum Gasteiger partial charge on any atom is 0.326 e. The molecule has 1 aromatic rings. The van der Waals surface area contributed by atoms with Crippen molar-refractivity contribution in [2.75, 3.05) is 13.7 Å². The van der Waals surface area contributed by atoms with Gasteiger partial charge in [0.05, 0.1) is 20.3 Å². The Morgan fingerprint density at radius 2 is 1.97 bits per heavy atom. The smallest absolute Gasteiger partial charge is 0.326 e. The molecule has 4 heteroatoms. The minimum Gasteiger partial charge on any atom is -0.468 e. The predicted molar refractivity (Wildman–Crippen MR) is 121 cm³/mol. The van der Waals surface area contributed by atoms with Crippen molar-refractivity contribution in [1.29, 1.82) is 0 Å². The molecule has 2 fully saturated rings. The monoisotopic (exact) mass is 413 g/mol. The molecular formula is C26H39NO3. The van der Waals surface area contributed by atoms with Gasteiger partial charge in [0.2, 0.25) is 0 Å². The third-order valence-electron chi connectivity index (χ3n) is 7.17. The number of unbranched alkanes of at least 4 members (excludes halogenated alkanes) is 3. The van der Waals surface area contributed by atoms with Gasteiger partial charge in [0.1, 0.15) is 5.54 Å². The first kappa shape index (κ1) is 23.0. The molecule has 2 saturated heterocycles. The van der Waals surface area contributed by atoms with Crippen LogP contribution in [0.3, 0.4) is 0 Å². The maximum absolute atomic E-state index is 13.1. The topological polar surface area (TPSA) is 38.8 Å². The minimum absolute atomic E-state index is 0.0868. The highest BCUT2D eigenvalue weighted by atomic mass is 16.5. The standard InChI is InChI=1S/C26H39NO3/c1-4-6-7-11-14-23-16-15-22(5-2)26(25(28)29-3)18-17-24(27(23)26)20-30-19-21-12-9-8-10-13-21/h5,8-10,12-13,22-24H,2,4,6-7,11,14-20H2,1,3H3/t22-,23-,24-,26-/m0/s1. The summed E-state index contributed by atoms with van der Waals surface area (Å²) in [6, 6.07) is 11.0. The molecule has 3 rings (SSSR count). The van der Waals surface area contributed by atoms with Gasteiger partial charge in [-0.3, -0.25) is 9.69 Å². The summed E-state index contributed by atoms with van der Waals surface area (Å²) in [5, 5.41) is 0. The van der Waals surface area contributed by atoms with Crippen molar-refractivity contribution in [1.82, 2.24) is 4.90 Å². The Bertz CT molecular complexity index is 676. The van der Waals surface area contributed by atoms with Crippen molar-refractivity contribution < 1.29 is 14.3 Å². The van der Waals surface area contributed by atoms with Crippen LogP contribution >= 0.6 is 0 Å². The Kier molecular flexibility index (Phi) is 8.52. The van der Waals surface area contributed by atoms with E-state index < -0.39 is 5.54 Å². The van der Waals surface area contributed by atoms with Crippen LogP contribution in [-0.2, 0) is 20.9 Å². The molecular weight excluding hydrogens is 374 g/mol. The normalized spacial score (nSPS) is 28.8. The first-order valence-electron chi connectivity index (χ1n) is 11.8. The molecule has 0 unspecified atom stereocenters. The van der Waals surface area contributed by atoms with E-state index in [4.69, 9.17) is 9.47 Å². The second-order valence-corrected chi connectivity index (χ2v) is 8.94. The van der Waals surface area contributed by atoms with Gasteiger partial charge in [0, 0.05) is 18.0 Å². The van der Waals surface area contributed by atoms with E-state index in [1.165, 1.54) is 38.4 Å². The van der Waals surface area contributed by atoms with Crippen molar-refractivity contribution in [3.63, 3.8) is 0 Å². The van der Waals surface area contributed by atoms with E-state index in [2.05, 4.69) is 30.5 Å². The SMILES string of the molecule is C=C[C@H]1CC[C@H](CCCCCC)N2[C@H](COCc3ccccc3)CC[C@@]12C(=O)OC. The molecule has 30 heavy (non-hydrogen) atoms. The fraction of sp³-hybridized carbons (Fsp3) is 0.654. The van der Waals surface area contributed by atoms with Gasteiger partial charge >= 0.3 is 5.97 Å². The van der Waals surface area contributed by atoms with Crippen molar-refractivity contribution in [3.8, 4) is 0 Å².